The van der Waals surface area contributed by atoms with Gasteiger partial charge in [-0.25, -0.2) is 0 Å². The molecule has 106 valence electrons. The number of anilines is 1. The summed E-state index contributed by atoms with van der Waals surface area (Å²) in [7, 11) is 0. The van der Waals surface area contributed by atoms with Crippen LogP contribution in [0.2, 0.25) is 0 Å². The summed E-state index contributed by atoms with van der Waals surface area (Å²) in [6, 6.07) is 9.74. The molecule has 1 aromatic rings. The van der Waals surface area contributed by atoms with E-state index >= 15 is 0 Å². The molecule has 1 aliphatic carbocycles. The van der Waals surface area contributed by atoms with Crippen LogP contribution in [-0.4, -0.2) is 30.1 Å². The van der Waals surface area contributed by atoms with Crippen molar-refractivity contribution in [1.82, 2.24) is 4.90 Å². The molecule has 0 heterocycles. The number of nitrogens with two attached hydrogens (primary N) is 1. The largest absolute Gasteiger partial charge is 0.382 e. The molecule has 0 aromatic heterocycles. The van der Waals surface area contributed by atoms with Gasteiger partial charge >= 0.3 is 0 Å². The molecule has 2 unspecified atom stereocenters. The summed E-state index contributed by atoms with van der Waals surface area (Å²) in [5.74, 6) is 0. The summed E-state index contributed by atoms with van der Waals surface area (Å²) in [4.78, 5) is 2.44. The average Bonchev–Trinajstić information content (AvgIpc) is 2.82. The second-order valence-corrected chi connectivity index (χ2v) is 5.58. The fourth-order valence-corrected chi connectivity index (χ4v) is 2.85. The van der Waals surface area contributed by atoms with E-state index in [9.17, 15) is 0 Å². The zero-order chi connectivity index (χ0) is 13.7. The van der Waals surface area contributed by atoms with Gasteiger partial charge in [-0.2, -0.15) is 0 Å². The molecule has 2 rings (SSSR count). The van der Waals surface area contributed by atoms with Crippen molar-refractivity contribution in [3.63, 3.8) is 0 Å². The van der Waals surface area contributed by atoms with E-state index in [2.05, 4.69) is 48.3 Å². The van der Waals surface area contributed by atoms with Crippen LogP contribution in [0, 0.1) is 0 Å². The van der Waals surface area contributed by atoms with E-state index in [4.69, 9.17) is 5.73 Å². The molecule has 0 saturated heterocycles. The summed E-state index contributed by atoms with van der Waals surface area (Å²) >= 11 is 0. The highest BCUT2D eigenvalue weighted by Crippen LogP contribution is 2.22. The summed E-state index contributed by atoms with van der Waals surface area (Å²) in [5.41, 5.74) is 8.59. The van der Waals surface area contributed by atoms with Crippen LogP contribution in [0.1, 0.15) is 38.7 Å². The molecule has 0 bridgehead atoms. The maximum atomic E-state index is 5.96. The molecule has 3 N–H and O–H groups in total. The Morgan fingerprint density at radius 3 is 2.68 bits per heavy atom. The molecule has 0 aliphatic heterocycles. The highest BCUT2D eigenvalue weighted by Gasteiger charge is 2.21. The Morgan fingerprint density at radius 2 is 2.05 bits per heavy atom. The molecular weight excluding hydrogens is 234 g/mol. The van der Waals surface area contributed by atoms with Gasteiger partial charge in [0, 0.05) is 24.3 Å². The third kappa shape index (κ3) is 4.22. The standard InChI is InChI=1S/C16H27N3/c1-3-19(4-2)12-13-6-5-7-15(10-13)18-16-9-8-14(17)11-16/h5-7,10,14,16,18H,3-4,8-9,11-12,17H2,1-2H3. The van der Waals surface area contributed by atoms with Crippen molar-refractivity contribution in [3.05, 3.63) is 29.8 Å². The quantitative estimate of drug-likeness (QED) is 0.827. The molecule has 0 spiro atoms. The molecule has 0 radical (unpaired) electrons. The van der Waals surface area contributed by atoms with Crippen molar-refractivity contribution in [2.75, 3.05) is 18.4 Å². The Hall–Kier alpha value is -1.06. The van der Waals surface area contributed by atoms with E-state index in [1.54, 1.807) is 0 Å². The zero-order valence-electron chi connectivity index (χ0n) is 12.2. The first-order valence-electron chi connectivity index (χ1n) is 7.54. The van der Waals surface area contributed by atoms with Crippen LogP contribution in [0.5, 0.6) is 0 Å². The Balaban J connectivity index is 1.94. The minimum absolute atomic E-state index is 0.386. The van der Waals surface area contributed by atoms with Crippen LogP contribution in [0.25, 0.3) is 0 Å². The summed E-state index contributed by atoms with van der Waals surface area (Å²) in [5, 5.41) is 3.62. The van der Waals surface area contributed by atoms with E-state index in [1.165, 1.54) is 17.7 Å². The summed E-state index contributed by atoms with van der Waals surface area (Å²) in [6.45, 7) is 7.67. The number of benzene rings is 1. The second-order valence-electron chi connectivity index (χ2n) is 5.58. The van der Waals surface area contributed by atoms with Crippen LogP contribution >= 0.6 is 0 Å². The van der Waals surface area contributed by atoms with E-state index in [1.807, 2.05) is 0 Å². The molecule has 1 aromatic carbocycles. The third-order valence-corrected chi connectivity index (χ3v) is 4.07. The Kier molecular flexibility index (Phi) is 5.23. The van der Waals surface area contributed by atoms with Gasteiger partial charge in [0.25, 0.3) is 0 Å². The maximum absolute atomic E-state index is 5.96. The van der Waals surface area contributed by atoms with Gasteiger partial charge in [-0.05, 0) is 50.0 Å². The van der Waals surface area contributed by atoms with Crippen molar-refractivity contribution < 1.29 is 0 Å². The monoisotopic (exact) mass is 261 g/mol. The van der Waals surface area contributed by atoms with Crippen molar-refractivity contribution in [3.8, 4) is 0 Å². The summed E-state index contributed by atoms with van der Waals surface area (Å²) in [6.07, 6.45) is 3.44. The molecule has 1 fully saturated rings. The molecule has 0 amide bonds. The zero-order valence-corrected chi connectivity index (χ0v) is 12.2. The molecule has 1 saturated carbocycles. The molecule has 3 nitrogen and oxygen atoms in total. The predicted molar refractivity (Wildman–Crippen MR) is 82.3 cm³/mol. The van der Waals surface area contributed by atoms with Gasteiger partial charge < -0.3 is 11.1 Å². The SMILES string of the molecule is CCN(CC)Cc1cccc(NC2CCC(N)C2)c1. The molecule has 19 heavy (non-hydrogen) atoms. The van der Waals surface area contributed by atoms with Gasteiger partial charge in [0.15, 0.2) is 0 Å². The molecule has 1 aliphatic rings. The van der Waals surface area contributed by atoms with Crippen molar-refractivity contribution in [1.29, 1.82) is 0 Å². The van der Waals surface area contributed by atoms with E-state index in [-0.39, 0.29) is 0 Å². The van der Waals surface area contributed by atoms with E-state index in [0.717, 1.165) is 32.5 Å². The van der Waals surface area contributed by atoms with Crippen LogP contribution < -0.4 is 11.1 Å². The first kappa shape index (κ1) is 14.4. The number of hydrogen-bond acceptors (Lipinski definition) is 3. The van der Waals surface area contributed by atoms with Crippen molar-refractivity contribution in [2.45, 2.75) is 51.7 Å². The van der Waals surface area contributed by atoms with Gasteiger partial charge in [0.2, 0.25) is 0 Å². The van der Waals surface area contributed by atoms with Gasteiger partial charge in [-0.1, -0.05) is 26.0 Å². The lowest BCUT2D eigenvalue weighted by molar-refractivity contribution is 0.296. The predicted octanol–water partition coefficient (Wildman–Crippen LogP) is 2.82. The minimum Gasteiger partial charge on any atom is -0.382 e. The van der Waals surface area contributed by atoms with Crippen LogP contribution in [-0.2, 0) is 6.54 Å². The third-order valence-electron chi connectivity index (χ3n) is 4.07. The van der Waals surface area contributed by atoms with Crippen LogP contribution in [0.15, 0.2) is 24.3 Å². The normalized spacial score (nSPS) is 22.9. The first-order chi connectivity index (χ1) is 9.21. The van der Waals surface area contributed by atoms with E-state index in [0.29, 0.717) is 12.1 Å². The fourth-order valence-electron chi connectivity index (χ4n) is 2.85. The minimum atomic E-state index is 0.386. The highest BCUT2D eigenvalue weighted by molar-refractivity contribution is 5.46. The van der Waals surface area contributed by atoms with Gasteiger partial charge in [0.1, 0.15) is 0 Å². The van der Waals surface area contributed by atoms with Crippen LogP contribution in [0.3, 0.4) is 0 Å². The number of rotatable bonds is 6. The highest BCUT2D eigenvalue weighted by atomic mass is 15.1. The Bertz CT molecular complexity index is 387. The lowest BCUT2D eigenvalue weighted by atomic mass is 10.1. The number of hydrogen-bond donors (Lipinski definition) is 2. The maximum Gasteiger partial charge on any atom is 0.0345 e. The van der Waals surface area contributed by atoms with Gasteiger partial charge in [-0.15, -0.1) is 0 Å². The average molecular weight is 261 g/mol. The fraction of sp³-hybridized carbons (Fsp3) is 0.625. The molecule has 2 atom stereocenters. The van der Waals surface area contributed by atoms with Crippen LogP contribution in [0.4, 0.5) is 5.69 Å². The van der Waals surface area contributed by atoms with E-state index < -0.39 is 0 Å². The van der Waals surface area contributed by atoms with Crippen molar-refractivity contribution in [2.24, 2.45) is 5.73 Å². The first-order valence-corrected chi connectivity index (χ1v) is 7.54. The van der Waals surface area contributed by atoms with Gasteiger partial charge in [0.05, 0.1) is 0 Å². The van der Waals surface area contributed by atoms with Gasteiger partial charge in [-0.3, -0.25) is 4.90 Å². The molecule has 3 heteroatoms. The topological polar surface area (TPSA) is 41.3 Å². The Morgan fingerprint density at radius 1 is 1.26 bits per heavy atom. The Labute approximate surface area is 117 Å². The molecular formula is C16H27N3. The number of nitrogens with one attached hydrogen (secondary N) is 1. The second kappa shape index (κ2) is 6.92. The lowest BCUT2D eigenvalue weighted by Crippen LogP contribution is -2.22. The smallest absolute Gasteiger partial charge is 0.0345 e. The lowest BCUT2D eigenvalue weighted by Gasteiger charge is -2.19. The summed E-state index contributed by atoms with van der Waals surface area (Å²) < 4.78 is 0. The van der Waals surface area contributed by atoms with Crippen molar-refractivity contribution >= 4 is 5.69 Å². The number of nitrogens with zero attached hydrogens (tertiary/aromatic N) is 1.